The van der Waals surface area contributed by atoms with Crippen molar-refractivity contribution < 1.29 is 19.5 Å². The van der Waals surface area contributed by atoms with E-state index >= 15 is 0 Å². The van der Waals surface area contributed by atoms with E-state index < -0.39 is 29.2 Å². The van der Waals surface area contributed by atoms with Crippen LogP contribution >= 0.6 is 0 Å². The monoisotopic (exact) mass is 214 g/mol. The second-order valence-corrected chi connectivity index (χ2v) is 3.93. The summed E-state index contributed by atoms with van der Waals surface area (Å²) in [6.45, 7) is 1.61. The van der Waals surface area contributed by atoms with Crippen molar-refractivity contribution in [3.8, 4) is 0 Å². The fraction of sp³-hybridized carbons (Fsp3) is 0.667. The lowest BCUT2D eigenvalue weighted by atomic mass is 10.1. The van der Waals surface area contributed by atoms with Gasteiger partial charge in [-0.05, 0) is 19.8 Å². The van der Waals surface area contributed by atoms with E-state index in [0.29, 0.717) is 12.8 Å². The van der Waals surface area contributed by atoms with Crippen molar-refractivity contribution in [3.05, 3.63) is 0 Å². The first-order valence-corrected chi connectivity index (χ1v) is 4.71. The zero-order chi connectivity index (χ0) is 11.6. The number of hydrogen-bond acceptors (Lipinski definition) is 3. The zero-order valence-corrected chi connectivity index (χ0v) is 8.45. The molecule has 0 aromatic rings. The Kier molecular flexibility index (Phi) is 2.97. The van der Waals surface area contributed by atoms with E-state index in [0.717, 1.165) is 0 Å². The summed E-state index contributed by atoms with van der Waals surface area (Å²) in [6.07, 6.45) is 0.732. The fourth-order valence-electron chi connectivity index (χ4n) is 1.38. The van der Waals surface area contributed by atoms with E-state index in [9.17, 15) is 14.4 Å². The van der Waals surface area contributed by atoms with Crippen LogP contribution in [0.2, 0.25) is 0 Å². The summed E-state index contributed by atoms with van der Waals surface area (Å²) in [5, 5.41) is 11.3. The Hall–Kier alpha value is -1.59. The maximum atomic E-state index is 11.5. The van der Waals surface area contributed by atoms with Gasteiger partial charge in [-0.25, -0.2) is 0 Å². The summed E-state index contributed by atoms with van der Waals surface area (Å²) in [4.78, 5) is 32.8. The SMILES string of the molecule is CC(CC(N)=O)NC(=O)C1(C(=O)O)CC1. The van der Waals surface area contributed by atoms with Gasteiger partial charge in [0, 0.05) is 12.5 Å². The zero-order valence-electron chi connectivity index (χ0n) is 8.45. The first-order valence-electron chi connectivity index (χ1n) is 4.71. The van der Waals surface area contributed by atoms with Gasteiger partial charge < -0.3 is 16.2 Å². The number of carboxylic acids is 1. The number of nitrogens with one attached hydrogen (secondary N) is 1. The summed E-state index contributed by atoms with van der Waals surface area (Å²) in [5.74, 6) is -2.15. The van der Waals surface area contributed by atoms with E-state index in [1.807, 2.05) is 0 Å². The van der Waals surface area contributed by atoms with Crippen molar-refractivity contribution in [2.45, 2.75) is 32.2 Å². The number of carbonyl (C=O) groups excluding carboxylic acids is 2. The highest BCUT2D eigenvalue weighted by Crippen LogP contribution is 2.46. The molecular weight excluding hydrogens is 200 g/mol. The molecule has 1 rings (SSSR count). The fourth-order valence-corrected chi connectivity index (χ4v) is 1.38. The van der Waals surface area contributed by atoms with E-state index in [1.165, 1.54) is 0 Å². The molecule has 1 saturated carbocycles. The lowest BCUT2D eigenvalue weighted by molar-refractivity contribution is -0.149. The Balaban J connectivity index is 2.49. The third-order valence-electron chi connectivity index (χ3n) is 2.48. The van der Waals surface area contributed by atoms with E-state index in [-0.39, 0.29) is 6.42 Å². The number of carboxylic acid groups (broad SMARTS) is 1. The molecule has 0 aromatic carbocycles. The number of nitrogens with two attached hydrogens (primary N) is 1. The predicted molar refractivity (Wildman–Crippen MR) is 50.7 cm³/mol. The van der Waals surface area contributed by atoms with Gasteiger partial charge in [0.15, 0.2) is 0 Å². The van der Waals surface area contributed by atoms with Crippen molar-refractivity contribution in [2.24, 2.45) is 11.1 Å². The molecule has 6 nitrogen and oxygen atoms in total. The lowest BCUT2D eigenvalue weighted by Gasteiger charge is -2.15. The molecule has 0 aromatic heterocycles. The van der Waals surface area contributed by atoms with Gasteiger partial charge in [-0.15, -0.1) is 0 Å². The average Bonchev–Trinajstić information content (AvgIpc) is 2.80. The normalized spacial score (nSPS) is 19.0. The smallest absolute Gasteiger partial charge is 0.319 e. The van der Waals surface area contributed by atoms with Crippen molar-refractivity contribution >= 4 is 17.8 Å². The minimum absolute atomic E-state index is 0.0153. The quantitative estimate of drug-likeness (QED) is 0.522. The average molecular weight is 214 g/mol. The highest BCUT2D eigenvalue weighted by Gasteiger charge is 2.57. The first kappa shape index (κ1) is 11.5. The molecule has 15 heavy (non-hydrogen) atoms. The lowest BCUT2D eigenvalue weighted by Crippen LogP contribution is -2.43. The summed E-state index contributed by atoms with van der Waals surface area (Å²) in [5.41, 5.74) is 3.69. The third kappa shape index (κ3) is 2.45. The van der Waals surface area contributed by atoms with Gasteiger partial charge in [-0.2, -0.15) is 0 Å². The first-order chi connectivity index (χ1) is 6.88. The molecular formula is C9H14N2O4. The maximum Gasteiger partial charge on any atom is 0.319 e. The maximum absolute atomic E-state index is 11.5. The number of hydrogen-bond donors (Lipinski definition) is 3. The van der Waals surface area contributed by atoms with Gasteiger partial charge in [-0.3, -0.25) is 14.4 Å². The van der Waals surface area contributed by atoms with Crippen LogP contribution in [0.15, 0.2) is 0 Å². The van der Waals surface area contributed by atoms with Gasteiger partial charge in [0.25, 0.3) is 0 Å². The van der Waals surface area contributed by atoms with Crippen molar-refractivity contribution in [2.75, 3.05) is 0 Å². The van der Waals surface area contributed by atoms with Gasteiger partial charge in [0.05, 0.1) is 0 Å². The number of rotatable bonds is 5. The molecule has 6 heteroatoms. The van der Waals surface area contributed by atoms with Crippen LogP contribution < -0.4 is 11.1 Å². The Morgan fingerprint density at radius 2 is 2.00 bits per heavy atom. The van der Waals surface area contributed by atoms with E-state index in [2.05, 4.69) is 5.32 Å². The number of amides is 2. The molecule has 4 N–H and O–H groups in total. The summed E-state index contributed by atoms with van der Waals surface area (Å²) in [7, 11) is 0. The molecule has 0 heterocycles. The van der Waals surface area contributed by atoms with Crippen LogP contribution in [0.4, 0.5) is 0 Å². The molecule has 0 saturated heterocycles. The minimum atomic E-state index is -1.26. The molecule has 1 aliphatic carbocycles. The molecule has 1 fully saturated rings. The number of primary amides is 1. The van der Waals surface area contributed by atoms with Crippen LogP contribution in [-0.4, -0.2) is 28.9 Å². The molecule has 0 spiro atoms. The third-order valence-corrected chi connectivity index (χ3v) is 2.48. The Labute approximate surface area is 86.8 Å². The van der Waals surface area contributed by atoms with Gasteiger partial charge in [0.2, 0.25) is 11.8 Å². The molecule has 1 atom stereocenters. The van der Waals surface area contributed by atoms with Crippen molar-refractivity contribution in [1.29, 1.82) is 0 Å². The van der Waals surface area contributed by atoms with Gasteiger partial charge in [-0.1, -0.05) is 0 Å². The molecule has 0 radical (unpaired) electrons. The van der Waals surface area contributed by atoms with Gasteiger partial charge >= 0.3 is 5.97 Å². The second-order valence-electron chi connectivity index (χ2n) is 3.93. The minimum Gasteiger partial charge on any atom is -0.480 e. The van der Waals surface area contributed by atoms with E-state index in [4.69, 9.17) is 10.8 Å². The molecule has 1 aliphatic rings. The van der Waals surface area contributed by atoms with Crippen LogP contribution in [-0.2, 0) is 14.4 Å². The van der Waals surface area contributed by atoms with Crippen LogP contribution in [0.5, 0.6) is 0 Å². The van der Waals surface area contributed by atoms with Crippen LogP contribution in [0.1, 0.15) is 26.2 Å². The largest absolute Gasteiger partial charge is 0.480 e. The van der Waals surface area contributed by atoms with E-state index in [1.54, 1.807) is 6.92 Å². The van der Waals surface area contributed by atoms with Crippen LogP contribution in [0.3, 0.4) is 0 Å². The highest BCUT2D eigenvalue weighted by molar-refractivity contribution is 6.05. The topological polar surface area (TPSA) is 109 Å². The Morgan fingerprint density at radius 1 is 1.47 bits per heavy atom. The van der Waals surface area contributed by atoms with Crippen LogP contribution in [0.25, 0.3) is 0 Å². The number of carbonyl (C=O) groups is 3. The highest BCUT2D eigenvalue weighted by atomic mass is 16.4. The molecule has 0 aliphatic heterocycles. The van der Waals surface area contributed by atoms with Crippen molar-refractivity contribution in [1.82, 2.24) is 5.32 Å². The summed E-state index contributed by atoms with van der Waals surface area (Å²) < 4.78 is 0. The molecule has 1 unspecified atom stereocenters. The Morgan fingerprint density at radius 3 is 2.33 bits per heavy atom. The molecule has 84 valence electrons. The summed E-state index contributed by atoms with van der Waals surface area (Å²) in [6, 6.07) is -0.424. The van der Waals surface area contributed by atoms with Crippen LogP contribution in [0, 0.1) is 5.41 Å². The van der Waals surface area contributed by atoms with Crippen molar-refractivity contribution in [3.63, 3.8) is 0 Å². The van der Waals surface area contributed by atoms with Gasteiger partial charge in [0.1, 0.15) is 5.41 Å². The molecule has 2 amide bonds. The summed E-state index contributed by atoms with van der Waals surface area (Å²) >= 11 is 0. The standard InChI is InChI=1S/C9H14N2O4/c1-5(4-6(10)12)11-7(13)9(2-3-9)8(14)15/h5H,2-4H2,1H3,(H2,10,12)(H,11,13)(H,14,15). The number of aliphatic carboxylic acids is 1. The molecule has 0 bridgehead atoms. The second kappa shape index (κ2) is 3.88. The Bertz CT molecular complexity index is 309. The predicted octanol–water partition coefficient (Wildman–Crippen LogP) is -0.769.